The van der Waals surface area contributed by atoms with Gasteiger partial charge in [-0.05, 0) is 80.2 Å². The number of carbonyl (C=O) groups is 1. The third-order valence-electron chi connectivity index (χ3n) is 10.8. The molecule has 5 fully saturated rings. The van der Waals surface area contributed by atoms with Gasteiger partial charge < -0.3 is 23.7 Å². The van der Waals surface area contributed by atoms with Gasteiger partial charge in [-0.1, -0.05) is 30.4 Å². The lowest BCUT2D eigenvalue weighted by molar-refractivity contribution is 0.00578. The van der Waals surface area contributed by atoms with Crippen molar-refractivity contribution in [3.8, 4) is 6.01 Å². The number of amides is 1. The Hall–Kier alpha value is -3.22. The van der Waals surface area contributed by atoms with Crippen LogP contribution in [-0.2, 0) is 14.0 Å². The van der Waals surface area contributed by atoms with Crippen LogP contribution in [0.4, 0.5) is 15.0 Å². The standard InChI is InChI=1S/C35H47BFN5O5/c1-21-14-35(15-22(2)17-41(35)16-21)20-44-30-38-28-25(12-13-26(27(28)37)36-46-33(6,7)34(8,9)47-36)29(39-30)40-18-23-10-11-24(19-40)42(23)31(43)45-32(3,4)5/h12-13,23-24H,1-2,10-11,14-20H2,3-9H3. The van der Waals surface area contributed by atoms with E-state index in [1.807, 2.05) is 59.4 Å². The minimum absolute atomic E-state index is 0.0479. The summed E-state index contributed by atoms with van der Waals surface area (Å²) >= 11 is 0. The Morgan fingerprint density at radius 1 is 1.02 bits per heavy atom. The molecular formula is C35H47BFN5O5. The zero-order chi connectivity index (χ0) is 33.7. The van der Waals surface area contributed by atoms with E-state index < -0.39 is 29.7 Å². The van der Waals surface area contributed by atoms with E-state index in [4.69, 9.17) is 23.8 Å². The highest BCUT2D eigenvalue weighted by Gasteiger charge is 2.53. The molecule has 2 unspecified atom stereocenters. The second-order valence-electron chi connectivity index (χ2n) is 16.2. The minimum Gasteiger partial charge on any atom is -0.461 e. The Kier molecular flexibility index (Phi) is 7.50. The fourth-order valence-electron chi connectivity index (χ4n) is 7.94. The average Bonchev–Trinajstić information content (AvgIpc) is 3.59. The summed E-state index contributed by atoms with van der Waals surface area (Å²) in [6.07, 6.45) is 3.05. The van der Waals surface area contributed by atoms with Crippen molar-refractivity contribution in [1.82, 2.24) is 19.8 Å². The van der Waals surface area contributed by atoms with E-state index in [0.717, 1.165) is 49.9 Å². The van der Waals surface area contributed by atoms with Crippen LogP contribution in [0.3, 0.4) is 0 Å². The summed E-state index contributed by atoms with van der Waals surface area (Å²) in [5.74, 6) is 0.0688. The van der Waals surface area contributed by atoms with Gasteiger partial charge in [-0.2, -0.15) is 9.97 Å². The van der Waals surface area contributed by atoms with Crippen LogP contribution in [0.5, 0.6) is 6.01 Å². The first-order valence-corrected chi connectivity index (χ1v) is 16.8. The molecule has 252 valence electrons. The van der Waals surface area contributed by atoms with Crippen molar-refractivity contribution in [2.75, 3.05) is 37.7 Å². The van der Waals surface area contributed by atoms with E-state index in [-0.39, 0.29) is 40.7 Å². The summed E-state index contributed by atoms with van der Waals surface area (Å²) < 4.78 is 41.3. The average molecular weight is 648 g/mol. The van der Waals surface area contributed by atoms with Crippen molar-refractivity contribution in [2.24, 2.45) is 0 Å². The van der Waals surface area contributed by atoms with E-state index >= 15 is 4.39 Å². The molecule has 2 aromatic rings. The molecule has 0 radical (unpaired) electrons. The van der Waals surface area contributed by atoms with E-state index in [0.29, 0.717) is 30.9 Å². The lowest BCUT2D eigenvalue weighted by Crippen LogP contribution is -2.57. The van der Waals surface area contributed by atoms with Crippen molar-refractivity contribution in [1.29, 1.82) is 0 Å². The number of benzene rings is 1. The van der Waals surface area contributed by atoms with Gasteiger partial charge in [0, 0.05) is 37.0 Å². The maximum atomic E-state index is 16.7. The fraction of sp³-hybridized carbons (Fsp3) is 0.629. The van der Waals surface area contributed by atoms with Crippen molar-refractivity contribution in [3.63, 3.8) is 0 Å². The van der Waals surface area contributed by atoms with Crippen LogP contribution >= 0.6 is 0 Å². The molecule has 2 atom stereocenters. The molecule has 6 heterocycles. The van der Waals surface area contributed by atoms with E-state index in [1.165, 1.54) is 0 Å². The molecular weight excluding hydrogens is 600 g/mol. The summed E-state index contributed by atoms with van der Waals surface area (Å²) in [5.41, 5.74) is 0.675. The Morgan fingerprint density at radius 3 is 2.19 bits per heavy atom. The van der Waals surface area contributed by atoms with Gasteiger partial charge in [-0.3, -0.25) is 9.80 Å². The highest BCUT2D eigenvalue weighted by Crippen LogP contribution is 2.43. The van der Waals surface area contributed by atoms with Gasteiger partial charge in [0.05, 0.1) is 28.8 Å². The predicted octanol–water partition coefficient (Wildman–Crippen LogP) is 5.00. The molecule has 7 rings (SSSR count). The molecule has 0 spiro atoms. The van der Waals surface area contributed by atoms with E-state index in [9.17, 15) is 4.79 Å². The molecule has 0 N–H and O–H groups in total. The number of hydrogen-bond acceptors (Lipinski definition) is 9. The number of carbonyl (C=O) groups excluding carboxylic acids is 1. The first kappa shape index (κ1) is 32.3. The number of rotatable bonds is 5. The third kappa shape index (κ3) is 5.59. The highest BCUT2D eigenvalue weighted by molar-refractivity contribution is 6.62. The molecule has 5 aliphatic heterocycles. The lowest BCUT2D eigenvalue weighted by Gasteiger charge is -2.42. The number of halogens is 1. The van der Waals surface area contributed by atoms with Gasteiger partial charge in [-0.15, -0.1) is 0 Å². The first-order chi connectivity index (χ1) is 22.0. The van der Waals surface area contributed by atoms with E-state index in [1.54, 1.807) is 6.07 Å². The van der Waals surface area contributed by atoms with Crippen molar-refractivity contribution in [3.05, 3.63) is 42.3 Å². The van der Waals surface area contributed by atoms with Gasteiger partial charge in [0.25, 0.3) is 0 Å². The first-order valence-electron chi connectivity index (χ1n) is 16.8. The van der Waals surface area contributed by atoms with Gasteiger partial charge in [-0.25, -0.2) is 9.18 Å². The topological polar surface area (TPSA) is 89.5 Å². The zero-order valence-electron chi connectivity index (χ0n) is 28.8. The van der Waals surface area contributed by atoms with Crippen LogP contribution in [0, 0.1) is 5.82 Å². The predicted molar refractivity (Wildman–Crippen MR) is 180 cm³/mol. The number of hydrogen-bond donors (Lipinski definition) is 0. The Bertz CT molecular complexity index is 1610. The number of ether oxygens (including phenoxy) is 2. The van der Waals surface area contributed by atoms with E-state index in [2.05, 4.69) is 27.9 Å². The Morgan fingerprint density at radius 2 is 1.62 bits per heavy atom. The summed E-state index contributed by atoms with van der Waals surface area (Å²) in [7, 11) is -0.887. The van der Waals surface area contributed by atoms with Crippen molar-refractivity contribution >= 4 is 35.4 Å². The minimum atomic E-state index is -0.887. The van der Waals surface area contributed by atoms with Crippen molar-refractivity contribution in [2.45, 2.75) is 109 Å². The molecule has 1 aromatic heterocycles. The molecule has 1 aromatic carbocycles. The molecule has 0 saturated carbocycles. The quantitative estimate of drug-likeness (QED) is 0.329. The second-order valence-corrected chi connectivity index (χ2v) is 16.2. The smallest absolute Gasteiger partial charge is 0.461 e. The zero-order valence-corrected chi connectivity index (χ0v) is 28.8. The van der Waals surface area contributed by atoms with Crippen LogP contribution in [0.15, 0.2) is 36.4 Å². The molecule has 5 saturated heterocycles. The molecule has 1 amide bonds. The monoisotopic (exact) mass is 647 g/mol. The molecule has 10 nitrogen and oxygen atoms in total. The maximum absolute atomic E-state index is 16.7. The highest BCUT2D eigenvalue weighted by atomic mass is 19.1. The summed E-state index contributed by atoms with van der Waals surface area (Å²) in [5, 5.41) is 0.573. The molecule has 2 bridgehead atoms. The molecule has 0 aliphatic carbocycles. The molecule has 47 heavy (non-hydrogen) atoms. The van der Waals surface area contributed by atoms with Gasteiger partial charge in [0.1, 0.15) is 29.4 Å². The van der Waals surface area contributed by atoms with Crippen LogP contribution in [-0.4, -0.2) is 100 Å². The maximum Gasteiger partial charge on any atom is 0.497 e. The van der Waals surface area contributed by atoms with Gasteiger partial charge in [0.2, 0.25) is 0 Å². The second kappa shape index (κ2) is 10.9. The fourth-order valence-corrected chi connectivity index (χ4v) is 7.94. The largest absolute Gasteiger partial charge is 0.497 e. The number of nitrogens with zero attached hydrogens (tertiary/aromatic N) is 5. The lowest BCUT2D eigenvalue weighted by atomic mass is 9.78. The third-order valence-corrected chi connectivity index (χ3v) is 10.8. The van der Waals surface area contributed by atoms with Crippen molar-refractivity contribution < 1.29 is 28.0 Å². The van der Waals surface area contributed by atoms with Gasteiger partial charge >= 0.3 is 19.2 Å². The Balaban J connectivity index is 1.25. The van der Waals surface area contributed by atoms with Crippen LogP contribution < -0.4 is 15.1 Å². The summed E-state index contributed by atoms with van der Waals surface area (Å²) in [4.78, 5) is 29.2. The van der Waals surface area contributed by atoms with Crippen LogP contribution in [0.2, 0.25) is 0 Å². The number of fused-ring (bicyclic) bond motifs is 4. The SMILES string of the molecule is C=C1CN2CC(=C)CC2(COc2nc(N3CC4CCC(C3)N4C(=O)OC(C)(C)C)c3ccc(B4OC(C)(C)C(C)(C)O4)c(F)c3n2)C1. The number of aromatic nitrogens is 2. The normalized spacial score (nSPS) is 26.4. The van der Waals surface area contributed by atoms with Gasteiger partial charge in [0.15, 0.2) is 0 Å². The summed E-state index contributed by atoms with van der Waals surface area (Å²) in [6.45, 7) is 24.9. The van der Waals surface area contributed by atoms with Crippen LogP contribution in [0.25, 0.3) is 10.9 Å². The number of anilines is 1. The molecule has 5 aliphatic rings. The van der Waals surface area contributed by atoms with Crippen LogP contribution in [0.1, 0.15) is 74.1 Å². The Labute approximate surface area is 277 Å². The number of piperazine rings is 1. The summed E-state index contributed by atoms with van der Waals surface area (Å²) in [6, 6.07) is 3.58. The molecule has 12 heteroatoms.